The largest absolute Gasteiger partial charge is 0.390 e. The van der Waals surface area contributed by atoms with Crippen molar-refractivity contribution in [2.45, 2.75) is 18.6 Å². The summed E-state index contributed by atoms with van der Waals surface area (Å²) in [6.45, 7) is 0. The summed E-state index contributed by atoms with van der Waals surface area (Å²) in [7, 11) is 0. The topological polar surface area (TPSA) is 83.6 Å². The van der Waals surface area contributed by atoms with Gasteiger partial charge in [-0.3, -0.25) is 4.79 Å². The zero-order chi connectivity index (χ0) is 13.2. The Bertz CT molecular complexity index is 419. The van der Waals surface area contributed by atoms with Gasteiger partial charge < -0.3 is 15.9 Å². The quantitative estimate of drug-likeness (QED) is 0.730. The minimum Gasteiger partial charge on any atom is -0.390 e. The first-order valence-electron chi connectivity index (χ1n) is 4.61. The average Bonchev–Trinajstić information content (AvgIpc) is 2.23. The molecule has 0 fully saturated rings. The van der Waals surface area contributed by atoms with Gasteiger partial charge in [0.15, 0.2) is 0 Å². The monoisotopic (exact) mass is 281 g/mol. The summed E-state index contributed by atoms with van der Waals surface area (Å²) < 4.78 is 13.2. The van der Waals surface area contributed by atoms with E-state index in [0.717, 1.165) is 6.07 Å². The predicted molar refractivity (Wildman–Crippen MR) is 61.2 cm³/mol. The molecule has 94 valence electrons. The second-order valence-corrected chi connectivity index (χ2v) is 4.27. The van der Waals surface area contributed by atoms with Gasteiger partial charge in [-0.05, 0) is 17.7 Å². The first-order chi connectivity index (χ1) is 7.82. The lowest BCUT2D eigenvalue weighted by Gasteiger charge is -2.17. The van der Waals surface area contributed by atoms with Crippen LogP contribution >= 0.6 is 23.2 Å². The van der Waals surface area contributed by atoms with Crippen LogP contribution in [-0.2, 0) is 4.79 Å². The molecule has 1 amide bonds. The Morgan fingerprint density at radius 3 is 2.47 bits per heavy atom. The van der Waals surface area contributed by atoms with E-state index in [1.165, 1.54) is 6.07 Å². The molecule has 0 saturated heterocycles. The molecule has 1 aromatic rings. The fourth-order valence-electron chi connectivity index (χ4n) is 1.29. The van der Waals surface area contributed by atoms with Crippen molar-refractivity contribution in [1.29, 1.82) is 0 Å². The second kappa shape index (κ2) is 5.64. The van der Waals surface area contributed by atoms with Crippen LogP contribution in [0.3, 0.4) is 0 Å². The summed E-state index contributed by atoms with van der Waals surface area (Å²) in [4.78, 5) is 10.6. The van der Waals surface area contributed by atoms with Crippen LogP contribution in [0.1, 0.15) is 18.1 Å². The smallest absolute Gasteiger partial charge is 0.220 e. The van der Waals surface area contributed by atoms with Crippen molar-refractivity contribution < 1.29 is 19.4 Å². The molecule has 0 saturated carbocycles. The van der Waals surface area contributed by atoms with Gasteiger partial charge in [0.1, 0.15) is 11.9 Å². The maximum absolute atomic E-state index is 13.2. The maximum Gasteiger partial charge on any atom is 0.220 e. The molecule has 2 atom stereocenters. The predicted octanol–water partition coefficient (Wildman–Crippen LogP) is 1.40. The number of aliphatic hydroxyl groups is 2. The number of amides is 1. The molecule has 0 aliphatic heterocycles. The van der Waals surface area contributed by atoms with Crippen LogP contribution in [0.2, 0.25) is 10.0 Å². The number of carbonyl (C=O) groups excluding carboxylic acids is 1. The van der Waals surface area contributed by atoms with Crippen molar-refractivity contribution in [3.05, 3.63) is 33.6 Å². The van der Waals surface area contributed by atoms with E-state index < -0.39 is 30.4 Å². The lowest BCUT2D eigenvalue weighted by molar-refractivity contribution is -0.121. The van der Waals surface area contributed by atoms with E-state index in [1.807, 2.05) is 0 Å². The SMILES string of the molecule is NC(=O)CC(O)C(O)c1cc(F)c(Cl)c(Cl)c1. The number of carbonyl (C=O) groups is 1. The van der Waals surface area contributed by atoms with Crippen LogP contribution in [0.5, 0.6) is 0 Å². The van der Waals surface area contributed by atoms with Gasteiger partial charge >= 0.3 is 0 Å². The molecule has 0 bridgehead atoms. The Labute approximate surface area is 107 Å². The summed E-state index contributed by atoms with van der Waals surface area (Å²) in [5, 5.41) is 18.7. The number of nitrogens with two attached hydrogens (primary N) is 1. The Hall–Kier alpha value is -0.880. The molecule has 0 aliphatic rings. The molecule has 1 rings (SSSR count). The van der Waals surface area contributed by atoms with Gasteiger partial charge in [-0.2, -0.15) is 0 Å². The fourth-order valence-corrected chi connectivity index (χ4v) is 1.61. The van der Waals surface area contributed by atoms with E-state index in [9.17, 15) is 19.4 Å². The lowest BCUT2D eigenvalue weighted by Crippen LogP contribution is -2.25. The number of halogens is 3. The molecule has 7 heteroatoms. The molecular weight excluding hydrogens is 272 g/mol. The van der Waals surface area contributed by atoms with E-state index in [2.05, 4.69) is 0 Å². The molecular formula is C10H10Cl2FNO3. The molecule has 2 unspecified atom stereocenters. The Morgan fingerprint density at radius 2 is 2.00 bits per heavy atom. The van der Waals surface area contributed by atoms with Gasteiger partial charge in [-0.25, -0.2) is 4.39 Å². The van der Waals surface area contributed by atoms with Gasteiger partial charge in [0.2, 0.25) is 5.91 Å². The Kier molecular flexibility index (Phi) is 4.70. The van der Waals surface area contributed by atoms with Crippen molar-refractivity contribution in [3.8, 4) is 0 Å². The third-order valence-corrected chi connectivity index (χ3v) is 2.90. The summed E-state index contributed by atoms with van der Waals surface area (Å²) in [5.74, 6) is -1.60. The van der Waals surface area contributed by atoms with Gasteiger partial charge in [0, 0.05) is 0 Å². The van der Waals surface area contributed by atoms with E-state index in [0.29, 0.717) is 0 Å². The first-order valence-corrected chi connectivity index (χ1v) is 5.37. The molecule has 0 spiro atoms. The molecule has 4 nitrogen and oxygen atoms in total. The molecule has 1 aromatic carbocycles. The van der Waals surface area contributed by atoms with Crippen LogP contribution < -0.4 is 5.73 Å². The number of hydrogen-bond acceptors (Lipinski definition) is 3. The summed E-state index contributed by atoms with van der Waals surface area (Å²) in [6, 6.07) is 2.14. The van der Waals surface area contributed by atoms with Gasteiger partial charge in [0.05, 0.1) is 22.6 Å². The normalized spacial score (nSPS) is 14.4. The average molecular weight is 282 g/mol. The zero-order valence-electron chi connectivity index (χ0n) is 8.53. The third kappa shape index (κ3) is 3.54. The Balaban J connectivity index is 2.96. The number of primary amides is 1. The van der Waals surface area contributed by atoms with Gasteiger partial charge in [0.25, 0.3) is 0 Å². The summed E-state index contributed by atoms with van der Waals surface area (Å²) in [5.41, 5.74) is 4.88. The van der Waals surface area contributed by atoms with Crippen LogP contribution in [0.4, 0.5) is 4.39 Å². The molecule has 17 heavy (non-hydrogen) atoms. The van der Waals surface area contributed by atoms with E-state index in [1.54, 1.807) is 0 Å². The van der Waals surface area contributed by atoms with Crippen LogP contribution in [0.25, 0.3) is 0 Å². The van der Waals surface area contributed by atoms with Crippen LogP contribution in [0.15, 0.2) is 12.1 Å². The minimum absolute atomic E-state index is 0.0191. The van der Waals surface area contributed by atoms with Crippen molar-refractivity contribution in [2.24, 2.45) is 5.73 Å². The maximum atomic E-state index is 13.2. The number of aliphatic hydroxyl groups excluding tert-OH is 2. The van der Waals surface area contributed by atoms with Crippen molar-refractivity contribution in [1.82, 2.24) is 0 Å². The second-order valence-electron chi connectivity index (χ2n) is 3.48. The minimum atomic E-state index is -1.47. The number of hydrogen-bond donors (Lipinski definition) is 3. The molecule has 0 aromatic heterocycles. The van der Waals surface area contributed by atoms with E-state index in [4.69, 9.17) is 28.9 Å². The Morgan fingerprint density at radius 1 is 1.41 bits per heavy atom. The van der Waals surface area contributed by atoms with Crippen LogP contribution in [-0.4, -0.2) is 22.2 Å². The highest BCUT2D eigenvalue weighted by Crippen LogP contribution is 2.30. The third-order valence-electron chi connectivity index (χ3n) is 2.12. The van der Waals surface area contributed by atoms with Crippen molar-refractivity contribution >= 4 is 29.1 Å². The van der Waals surface area contributed by atoms with Gasteiger partial charge in [-0.15, -0.1) is 0 Å². The van der Waals surface area contributed by atoms with E-state index >= 15 is 0 Å². The van der Waals surface area contributed by atoms with Crippen molar-refractivity contribution in [2.75, 3.05) is 0 Å². The summed E-state index contributed by atoms with van der Waals surface area (Å²) >= 11 is 11.1. The standard InChI is InChI=1S/C10H10Cl2FNO3/c11-5-1-4(2-6(13)9(5)12)10(17)7(15)3-8(14)16/h1-2,7,10,15,17H,3H2,(H2,14,16). The summed E-state index contributed by atoms with van der Waals surface area (Å²) in [6.07, 6.45) is -3.33. The van der Waals surface area contributed by atoms with E-state index in [-0.39, 0.29) is 15.6 Å². The van der Waals surface area contributed by atoms with Crippen molar-refractivity contribution in [3.63, 3.8) is 0 Å². The lowest BCUT2D eigenvalue weighted by atomic mass is 10.0. The molecule has 0 aliphatic carbocycles. The highest BCUT2D eigenvalue weighted by molar-refractivity contribution is 6.42. The molecule has 0 radical (unpaired) electrons. The first kappa shape index (κ1) is 14.2. The highest BCUT2D eigenvalue weighted by Gasteiger charge is 2.22. The molecule has 4 N–H and O–H groups in total. The number of rotatable bonds is 4. The fraction of sp³-hybridized carbons (Fsp3) is 0.300. The zero-order valence-corrected chi connectivity index (χ0v) is 10.0. The van der Waals surface area contributed by atoms with Crippen LogP contribution in [0, 0.1) is 5.82 Å². The molecule has 0 heterocycles. The number of benzene rings is 1. The highest BCUT2D eigenvalue weighted by atomic mass is 35.5. The van der Waals surface area contributed by atoms with Gasteiger partial charge in [-0.1, -0.05) is 23.2 Å².